The van der Waals surface area contributed by atoms with Gasteiger partial charge in [-0.15, -0.1) is 0 Å². The van der Waals surface area contributed by atoms with Crippen LogP contribution in [0.25, 0.3) is 22.4 Å². The second-order valence-electron chi connectivity index (χ2n) is 7.41. The summed E-state index contributed by atoms with van der Waals surface area (Å²) in [6.07, 6.45) is 6.10. The van der Waals surface area contributed by atoms with E-state index in [0.29, 0.717) is 35.5 Å². The van der Waals surface area contributed by atoms with E-state index >= 15 is 0 Å². The molecule has 1 aliphatic heterocycles. The number of piperazine rings is 1. The number of aromatic nitrogens is 4. The average Bonchev–Trinajstić information content (AvgIpc) is 3.29. The van der Waals surface area contributed by atoms with Crippen molar-refractivity contribution in [2.24, 2.45) is 0 Å². The van der Waals surface area contributed by atoms with Crippen LogP contribution in [0.5, 0.6) is 0 Å². The number of fused-ring (bicyclic) bond motifs is 1. The zero-order valence-electron chi connectivity index (χ0n) is 17.0. The molecule has 1 aliphatic rings. The zero-order valence-corrected chi connectivity index (χ0v) is 17.9. The second kappa shape index (κ2) is 8.13. The van der Waals surface area contributed by atoms with Gasteiger partial charge < -0.3 is 9.88 Å². The summed E-state index contributed by atoms with van der Waals surface area (Å²) < 4.78 is 27.7. The van der Waals surface area contributed by atoms with Gasteiger partial charge in [-0.25, -0.2) is 23.4 Å². The predicted molar refractivity (Wildman–Crippen MR) is 118 cm³/mol. The molecule has 1 amide bonds. The van der Waals surface area contributed by atoms with E-state index in [4.69, 9.17) is 0 Å². The van der Waals surface area contributed by atoms with Gasteiger partial charge in [-0.1, -0.05) is 30.3 Å². The Labute approximate surface area is 184 Å². The number of nitrogens with zero attached hydrogens (tertiary/aromatic N) is 5. The second-order valence-corrected chi connectivity index (χ2v) is 9.32. The van der Waals surface area contributed by atoms with Crippen molar-refractivity contribution in [3.05, 3.63) is 72.8 Å². The minimum absolute atomic E-state index is 0.199. The number of aromatic amines is 1. The Bertz CT molecular complexity index is 1360. The summed E-state index contributed by atoms with van der Waals surface area (Å²) >= 11 is 0. The van der Waals surface area contributed by atoms with Crippen molar-refractivity contribution in [3.8, 4) is 11.4 Å². The smallest absolute Gasteiger partial charge is 0.257 e. The number of amides is 1. The Morgan fingerprint density at radius 3 is 2.34 bits per heavy atom. The number of sulfonamides is 1. The topological polar surface area (TPSA) is 112 Å². The Balaban J connectivity index is 1.28. The minimum atomic E-state index is -3.70. The maximum Gasteiger partial charge on any atom is 0.257 e. The van der Waals surface area contributed by atoms with Gasteiger partial charge in [0, 0.05) is 61.9 Å². The third-order valence-corrected chi connectivity index (χ3v) is 7.43. The molecule has 0 unspecified atom stereocenters. The van der Waals surface area contributed by atoms with E-state index in [9.17, 15) is 13.2 Å². The molecule has 162 valence electrons. The van der Waals surface area contributed by atoms with Crippen molar-refractivity contribution in [1.82, 2.24) is 29.1 Å². The highest BCUT2D eigenvalue weighted by atomic mass is 32.2. The summed E-state index contributed by atoms with van der Waals surface area (Å²) in [6, 6.07) is 13.0. The molecule has 0 aliphatic carbocycles. The van der Waals surface area contributed by atoms with E-state index in [1.807, 2.05) is 30.3 Å². The molecule has 0 bridgehead atoms. The van der Waals surface area contributed by atoms with Crippen LogP contribution in [-0.2, 0) is 10.0 Å². The first-order valence-electron chi connectivity index (χ1n) is 10.1. The van der Waals surface area contributed by atoms with Gasteiger partial charge in [0.2, 0.25) is 10.0 Å². The molecule has 0 saturated carbocycles. The lowest BCUT2D eigenvalue weighted by molar-refractivity contribution is 0.0697. The molecule has 1 fully saturated rings. The Hall–Kier alpha value is -3.63. The molecule has 0 radical (unpaired) electrons. The average molecular weight is 449 g/mol. The van der Waals surface area contributed by atoms with Crippen LogP contribution in [0.1, 0.15) is 10.4 Å². The maximum absolute atomic E-state index is 13.1. The number of carbonyl (C=O) groups excluding carboxylic acids is 1. The molecule has 3 aromatic heterocycles. The van der Waals surface area contributed by atoms with Crippen LogP contribution < -0.4 is 0 Å². The Morgan fingerprint density at radius 2 is 1.62 bits per heavy atom. The lowest BCUT2D eigenvalue weighted by Gasteiger charge is -2.33. The number of carbonyl (C=O) groups is 1. The summed E-state index contributed by atoms with van der Waals surface area (Å²) in [5, 5.41) is 0.557. The number of nitrogens with one attached hydrogen (secondary N) is 1. The van der Waals surface area contributed by atoms with Gasteiger partial charge in [0.1, 0.15) is 10.5 Å². The molecule has 0 atom stereocenters. The van der Waals surface area contributed by atoms with E-state index in [-0.39, 0.29) is 23.9 Å². The van der Waals surface area contributed by atoms with Crippen LogP contribution in [0.15, 0.2) is 72.1 Å². The SMILES string of the molecule is O=C(c1cnc(-c2ccccc2)nc1)N1CCN(S(=O)(=O)c2c[nH]c3ncccc23)CC1. The van der Waals surface area contributed by atoms with Crippen LogP contribution in [-0.4, -0.2) is 69.6 Å². The van der Waals surface area contributed by atoms with Gasteiger partial charge >= 0.3 is 0 Å². The molecule has 1 N–H and O–H groups in total. The fraction of sp³-hybridized carbons (Fsp3) is 0.182. The van der Waals surface area contributed by atoms with Crippen molar-refractivity contribution < 1.29 is 13.2 Å². The molecule has 1 aromatic carbocycles. The fourth-order valence-electron chi connectivity index (χ4n) is 3.77. The number of hydrogen-bond donors (Lipinski definition) is 1. The monoisotopic (exact) mass is 448 g/mol. The minimum Gasteiger partial charge on any atom is -0.345 e. The van der Waals surface area contributed by atoms with E-state index in [1.54, 1.807) is 23.2 Å². The third-order valence-electron chi connectivity index (χ3n) is 5.49. The molecule has 4 heterocycles. The standard InChI is InChI=1S/C22H20N6O3S/c29-22(17-13-24-20(25-14-17)16-5-2-1-3-6-16)27-9-11-28(12-10-27)32(30,31)19-15-26-21-18(19)7-4-8-23-21/h1-8,13-15H,9-12H2,(H,23,26). The maximum atomic E-state index is 13.1. The molecule has 10 heteroatoms. The number of benzene rings is 1. The number of rotatable bonds is 4. The molecule has 1 saturated heterocycles. The first-order valence-corrected chi connectivity index (χ1v) is 11.6. The summed E-state index contributed by atoms with van der Waals surface area (Å²) in [5.41, 5.74) is 1.78. The molecule has 4 aromatic rings. The summed E-state index contributed by atoms with van der Waals surface area (Å²) in [7, 11) is -3.70. The summed E-state index contributed by atoms with van der Waals surface area (Å²) in [6.45, 7) is 1.01. The Morgan fingerprint density at radius 1 is 0.906 bits per heavy atom. The molecule has 0 spiro atoms. The van der Waals surface area contributed by atoms with Crippen LogP contribution >= 0.6 is 0 Å². The highest BCUT2D eigenvalue weighted by molar-refractivity contribution is 7.89. The van der Waals surface area contributed by atoms with Gasteiger partial charge in [0.15, 0.2) is 5.82 Å². The van der Waals surface area contributed by atoms with Crippen molar-refractivity contribution in [1.29, 1.82) is 0 Å². The van der Waals surface area contributed by atoms with Gasteiger partial charge in [-0.3, -0.25) is 4.79 Å². The molecule has 9 nitrogen and oxygen atoms in total. The van der Waals surface area contributed by atoms with Crippen molar-refractivity contribution in [3.63, 3.8) is 0 Å². The highest BCUT2D eigenvalue weighted by Crippen LogP contribution is 2.25. The van der Waals surface area contributed by atoms with Gasteiger partial charge in [0.25, 0.3) is 5.91 Å². The quantitative estimate of drug-likeness (QED) is 0.512. The number of hydrogen-bond acceptors (Lipinski definition) is 6. The lowest BCUT2D eigenvalue weighted by atomic mass is 10.2. The van der Waals surface area contributed by atoms with Gasteiger partial charge in [-0.05, 0) is 12.1 Å². The highest BCUT2D eigenvalue weighted by Gasteiger charge is 2.32. The fourth-order valence-corrected chi connectivity index (χ4v) is 5.34. The molecule has 5 rings (SSSR count). The molecular formula is C22H20N6O3S. The van der Waals surface area contributed by atoms with E-state index in [1.165, 1.54) is 22.9 Å². The molecule has 32 heavy (non-hydrogen) atoms. The van der Waals surface area contributed by atoms with Crippen molar-refractivity contribution in [2.75, 3.05) is 26.2 Å². The largest absolute Gasteiger partial charge is 0.345 e. The number of H-pyrrole nitrogens is 1. The predicted octanol–water partition coefficient (Wildman–Crippen LogP) is 2.17. The van der Waals surface area contributed by atoms with Gasteiger partial charge in [-0.2, -0.15) is 4.31 Å². The van der Waals surface area contributed by atoms with Crippen LogP contribution in [0.4, 0.5) is 0 Å². The summed E-state index contributed by atoms with van der Waals surface area (Å²) in [4.78, 5) is 30.4. The van der Waals surface area contributed by atoms with Crippen LogP contribution in [0.2, 0.25) is 0 Å². The van der Waals surface area contributed by atoms with E-state index < -0.39 is 10.0 Å². The van der Waals surface area contributed by atoms with Gasteiger partial charge in [0.05, 0.1) is 5.56 Å². The normalized spacial score (nSPS) is 15.2. The van der Waals surface area contributed by atoms with E-state index in [2.05, 4.69) is 19.9 Å². The number of pyridine rings is 1. The lowest BCUT2D eigenvalue weighted by Crippen LogP contribution is -2.50. The van der Waals surface area contributed by atoms with Crippen LogP contribution in [0.3, 0.4) is 0 Å². The first-order chi connectivity index (χ1) is 15.5. The zero-order chi connectivity index (χ0) is 22.1. The summed E-state index contributed by atoms with van der Waals surface area (Å²) in [5.74, 6) is 0.337. The third kappa shape index (κ3) is 3.63. The molecular weight excluding hydrogens is 428 g/mol. The first kappa shape index (κ1) is 20.3. The van der Waals surface area contributed by atoms with Crippen molar-refractivity contribution in [2.45, 2.75) is 4.90 Å². The van der Waals surface area contributed by atoms with E-state index in [0.717, 1.165) is 5.56 Å². The Kier molecular flexibility index (Phi) is 5.16. The van der Waals surface area contributed by atoms with Crippen LogP contribution in [0, 0.1) is 0 Å². The van der Waals surface area contributed by atoms with Crippen molar-refractivity contribution >= 4 is 27.0 Å².